The number of allylic oxidation sites excluding steroid dienone is 1. The molecule has 0 aromatic heterocycles. The molecule has 0 aromatic rings. The molecule has 1 saturated heterocycles. The molecular weight excluding hydrogens is 450 g/mol. The summed E-state index contributed by atoms with van der Waals surface area (Å²) < 4.78 is 40.0. The number of nitrogens with one attached hydrogen (secondary N) is 1. The van der Waals surface area contributed by atoms with E-state index in [1.165, 1.54) is 0 Å². The molecule has 0 aliphatic carbocycles. The third kappa shape index (κ3) is 7.78. The number of esters is 1. The molecular formula is C24H38F2N2O6. The van der Waals surface area contributed by atoms with Crippen LogP contribution in [0.5, 0.6) is 0 Å². The van der Waals surface area contributed by atoms with Gasteiger partial charge in [-0.1, -0.05) is 18.7 Å². The van der Waals surface area contributed by atoms with Crippen LogP contribution in [0.3, 0.4) is 0 Å². The fourth-order valence-electron chi connectivity index (χ4n) is 3.89. The molecule has 8 nitrogen and oxygen atoms in total. The highest BCUT2D eigenvalue weighted by Gasteiger charge is 2.56. The van der Waals surface area contributed by atoms with Gasteiger partial charge in [-0.15, -0.1) is 0 Å². The average Bonchev–Trinajstić information content (AvgIpc) is 3.02. The van der Waals surface area contributed by atoms with Crippen molar-refractivity contribution in [1.82, 2.24) is 10.2 Å². The number of carbonyl (C=O) groups is 3. The Bertz CT molecular complexity index is 800. The lowest BCUT2D eigenvalue weighted by atomic mass is 9.87. The topological polar surface area (TPSA) is 105 Å². The molecule has 1 aliphatic heterocycles. The van der Waals surface area contributed by atoms with E-state index in [-0.39, 0.29) is 12.5 Å². The van der Waals surface area contributed by atoms with E-state index in [0.717, 1.165) is 11.8 Å². The van der Waals surface area contributed by atoms with Gasteiger partial charge in [0.15, 0.2) is 0 Å². The number of alkyl halides is 2. The fraction of sp³-hybridized carbons (Fsp3) is 0.708. The third-order valence-electron chi connectivity index (χ3n) is 5.06. The van der Waals surface area contributed by atoms with Crippen LogP contribution < -0.4 is 5.32 Å². The summed E-state index contributed by atoms with van der Waals surface area (Å²) in [5.41, 5.74) is -1.84. The predicted molar refractivity (Wildman–Crippen MR) is 123 cm³/mol. The SMILES string of the molecule is C=CC(F)(F)[C@H](O)[C@H](NC(C)=O)[C@H]1[C@H](/C=C\C)C[C@H](C(=O)OC(C)(C)C)N1C(=O)OC(C)(C)C. The van der Waals surface area contributed by atoms with Crippen molar-refractivity contribution in [1.29, 1.82) is 0 Å². The van der Waals surface area contributed by atoms with E-state index in [1.807, 2.05) is 0 Å². The molecule has 0 unspecified atom stereocenters. The fourth-order valence-corrected chi connectivity index (χ4v) is 3.89. The highest BCUT2D eigenvalue weighted by Crippen LogP contribution is 2.38. The highest BCUT2D eigenvalue weighted by atomic mass is 19.3. The lowest BCUT2D eigenvalue weighted by Crippen LogP contribution is -2.63. The standard InChI is InChI=1S/C24H38F2N2O6/c1-10-12-15-13-16(20(31)33-22(4,5)6)28(21(32)34-23(7,8)9)18(15)17(27-14(3)29)19(30)24(25,26)11-2/h10-12,15-19,30H,2,13H2,1,3-9H3,(H,27,29)/b12-10-/t15-,16-,17-,18-,19-/m1/s1. The molecule has 0 spiro atoms. The van der Waals surface area contributed by atoms with Gasteiger partial charge in [0.1, 0.15) is 23.3 Å². The zero-order valence-corrected chi connectivity index (χ0v) is 21.2. The van der Waals surface area contributed by atoms with E-state index in [0.29, 0.717) is 0 Å². The normalized spacial score (nSPS) is 23.4. The van der Waals surface area contributed by atoms with Gasteiger partial charge in [-0.05, 0) is 61.0 Å². The van der Waals surface area contributed by atoms with Crippen LogP contribution in [0.4, 0.5) is 13.6 Å². The Morgan fingerprint density at radius 2 is 1.65 bits per heavy atom. The number of aliphatic hydroxyl groups excluding tert-OH is 1. The number of ether oxygens (including phenoxy) is 2. The molecule has 0 aromatic carbocycles. The molecule has 1 aliphatic rings. The molecule has 2 N–H and O–H groups in total. The Labute approximate surface area is 200 Å². The minimum absolute atomic E-state index is 0.0195. The maximum atomic E-state index is 14.5. The van der Waals surface area contributed by atoms with Crippen LogP contribution >= 0.6 is 0 Å². The minimum Gasteiger partial charge on any atom is -0.458 e. The van der Waals surface area contributed by atoms with Crippen LogP contribution in [-0.4, -0.2) is 69.3 Å². The molecule has 1 fully saturated rings. The van der Waals surface area contributed by atoms with Crippen molar-refractivity contribution in [2.75, 3.05) is 0 Å². The summed E-state index contributed by atoms with van der Waals surface area (Å²) in [6.45, 7) is 15.7. The summed E-state index contributed by atoms with van der Waals surface area (Å²) in [6, 6.07) is -4.08. The van der Waals surface area contributed by atoms with Crippen LogP contribution in [0.25, 0.3) is 0 Å². The van der Waals surface area contributed by atoms with Gasteiger partial charge in [0.2, 0.25) is 5.91 Å². The van der Waals surface area contributed by atoms with E-state index >= 15 is 0 Å². The molecule has 2 amide bonds. The molecule has 10 heteroatoms. The first kappa shape index (κ1) is 29.5. The number of rotatable bonds is 7. The number of hydrogen-bond acceptors (Lipinski definition) is 6. The van der Waals surface area contributed by atoms with Gasteiger partial charge in [-0.25, -0.2) is 9.59 Å². The molecule has 1 rings (SSSR count). The predicted octanol–water partition coefficient (Wildman–Crippen LogP) is 3.59. The van der Waals surface area contributed by atoms with E-state index in [1.54, 1.807) is 60.6 Å². The second-order valence-corrected chi connectivity index (χ2v) is 10.4. The number of likely N-dealkylation sites (tertiary alicyclic amines) is 1. The second kappa shape index (κ2) is 10.8. The van der Waals surface area contributed by atoms with Gasteiger partial charge >= 0.3 is 12.1 Å². The maximum Gasteiger partial charge on any atom is 0.411 e. The smallest absolute Gasteiger partial charge is 0.411 e. The summed E-state index contributed by atoms with van der Waals surface area (Å²) in [5, 5.41) is 13.0. The molecule has 0 radical (unpaired) electrons. The van der Waals surface area contributed by atoms with Gasteiger partial charge in [0.05, 0.1) is 12.1 Å². The molecule has 5 atom stereocenters. The average molecular weight is 489 g/mol. The number of aliphatic hydroxyl groups is 1. The first-order valence-electron chi connectivity index (χ1n) is 11.2. The van der Waals surface area contributed by atoms with Crippen molar-refractivity contribution < 1.29 is 37.7 Å². The van der Waals surface area contributed by atoms with Crippen LogP contribution in [0.1, 0.15) is 61.8 Å². The number of amides is 2. The van der Waals surface area contributed by atoms with E-state index < -0.39 is 65.2 Å². The van der Waals surface area contributed by atoms with Gasteiger partial charge in [0.25, 0.3) is 5.92 Å². The second-order valence-electron chi connectivity index (χ2n) is 10.4. The molecule has 0 bridgehead atoms. The van der Waals surface area contributed by atoms with Gasteiger partial charge < -0.3 is 19.9 Å². The Morgan fingerprint density at radius 1 is 1.12 bits per heavy atom. The molecule has 0 saturated carbocycles. The molecule has 34 heavy (non-hydrogen) atoms. The number of halogens is 2. The van der Waals surface area contributed by atoms with Crippen molar-refractivity contribution in [2.24, 2.45) is 5.92 Å². The summed E-state index contributed by atoms with van der Waals surface area (Å²) in [5.74, 6) is -5.92. The van der Waals surface area contributed by atoms with Gasteiger partial charge in [0, 0.05) is 12.8 Å². The Balaban J connectivity index is 3.70. The zero-order chi connectivity index (χ0) is 26.6. The summed E-state index contributed by atoms with van der Waals surface area (Å²) in [4.78, 5) is 39.4. The van der Waals surface area contributed by atoms with Crippen molar-refractivity contribution in [3.63, 3.8) is 0 Å². The Kier molecular flexibility index (Phi) is 9.42. The van der Waals surface area contributed by atoms with E-state index in [4.69, 9.17) is 9.47 Å². The van der Waals surface area contributed by atoms with Crippen LogP contribution in [-0.2, 0) is 19.1 Å². The van der Waals surface area contributed by atoms with Crippen molar-refractivity contribution in [2.45, 2.75) is 103 Å². The maximum absolute atomic E-state index is 14.5. The largest absolute Gasteiger partial charge is 0.458 e. The molecule has 1 heterocycles. The van der Waals surface area contributed by atoms with Crippen LogP contribution in [0.2, 0.25) is 0 Å². The summed E-state index contributed by atoms with van der Waals surface area (Å²) in [6.07, 6.45) is 0.186. The Morgan fingerprint density at radius 3 is 2.06 bits per heavy atom. The van der Waals surface area contributed by atoms with Crippen molar-refractivity contribution >= 4 is 18.0 Å². The third-order valence-corrected chi connectivity index (χ3v) is 5.06. The van der Waals surface area contributed by atoms with Gasteiger partial charge in [-0.3, -0.25) is 9.69 Å². The minimum atomic E-state index is -3.79. The summed E-state index contributed by atoms with van der Waals surface area (Å²) in [7, 11) is 0. The lowest BCUT2D eigenvalue weighted by Gasteiger charge is -2.40. The Hall–Kier alpha value is -2.49. The number of hydrogen-bond donors (Lipinski definition) is 2. The van der Waals surface area contributed by atoms with Gasteiger partial charge in [-0.2, -0.15) is 8.78 Å². The van der Waals surface area contributed by atoms with Crippen LogP contribution in [0, 0.1) is 5.92 Å². The summed E-state index contributed by atoms with van der Waals surface area (Å²) >= 11 is 0. The first-order chi connectivity index (χ1) is 15.3. The quantitative estimate of drug-likeness (QED) is 0.419. The lowest BCUT2D eigenvalue weighted by molar-refractivity contribution is -0.161. The monoisotopic (exact) mass is 488 g/mol. The van der Waals surface area contributed by atoms with Crippen molar-refractivity contribution in [3.8, 4) is 0 Å². The molecule has 194 valence electrons. The number of nitrogens with zero attached hydrogens (tertiary/aromatic N) is 1. The first-order valence-corrected chi connectivity index (χ1v) is 11.2. The van der Waals surface area contributed by atoms with Crippen molar-refractivity contribution in [3.05, 3.63) is 24.8 Å². The highest BCUT2D eigenvalue weighted by molar-refractivity contribution is 5.83. The van der Waals surface area contributed by atoms with Crippen LogP contribution in [0.15, 0.2) is 24.8 Å². The zero-order valence-electron chi connectivity index (χ0n) is 21.2. The van der Waals surface area contributed by atoms with E-state index in [9.17, 15) is 28.3 Å². The van der Waals surface area contributed by atoms with E-state index in [2.05, 4.69) is 11.9 Å². The number of carbonyl (C=O) groups excluding carboxylic acids is 3.